The Kier molecular flexibility index (Phi) is 2.48. The van der Waals surface area contributed by atoms with Crippen molar-refractivity contribution in [1.29, 1.82) is 0 Å². The van der Waals surface area contributed by atoms with Crippen molar-refractivity contribution in [2.75, 3.05) is 0 Å². The quantitative estimate of drug-likeness (QED) is 0.731. The van der Waals surface area contributed by atoms with E-state index in [9.17, 15) is 4.79 Å². The number of aryl methyl sites for hydroxylation is 2. The van der Waals surface area contributed by atoms with Crippen molar-refractivity contribution in [2.24, 2.45) is 0 Å². The maximum Gasteiger partial charge on any atom is 0.161 e. The summed E-state index contributed by atoms with van der Waals surface area (Å²) in [5.74, 6) is 0. The first-order valence-electron chi connectivity index (χ1n) is 4.20. The molecule has 0 N–H and O–H groups in total. The number of thiazole rings is 1. The van der Waals surface area contributed by atoms with Crippen LogP contribution in [0.1, 0.15) is 20.2 Å². The molecular weight excluding hydrogens is 214 g/mol. The zero-order chi connectivity index (χ0) is 10.1. The zero-order valence-corrected chi connectivity index (χ0v) is 9.54. The van der Waals surface area contributed by atoms with Crippen LogP contribution >= 0.6 is 22.7 Å². The van der Waals surface area contributed by atoms with Crippen LogP contribution < -0.4 is 0 Å². The van der Waals surface area contributed by atoms with Crippen LogP contribution in [0.3, 0.4) is 0 Å². The highest BCUT2D eigenvalue weighted by Gasteiger charge is 2.09. The Balaban J connectivity index is 2.47. The number of carbonyl (C=O) groups excluding carboxylic acids is 1. The van der Waals surface area contributed by atoms with E-state index < -0.39 is 0 Å². The highest BCUT2D eigenvalue weighted by atomic mass is 32.1. The van der Waals surface area contributed by atoms with Gasteiger partial charge < -0.3 is 0 Å². The van der Waals surface area contributed by atoms with Gasteiger partial charge >= 0.3 is 0 Å². The molecule has 2 heterocycles. The maximum atomic E-state index is 10.7. The highest BCUT2D eigenvalue weighted by Crippen LogP contribution is 2.31. The smallest absolute Gasteiger partial charge is 0.161 e. The van der Waals surface area contributed by atoms with Gasteiger partial charge in [0, 0.05) is 4.88 Å². The summed E-state index contributed by atoms with van der Waals surface area (Å²) in [5.41, 5.74) is 0.825. The summed E-state index contributed by atoms with van der Waals surface area (Å²) in [6.07, 6.45) is 0.872. The van der Waals surface area contributed by atoms with Gasteiger partial charge in [-0.05, 0) is 26.0 Å². The van der Waals surface area contributed by atoms with Crippen LogP contribution in [0.2, 0.25) is 0 Å². The van der Waals surface area contributed by atoms with Crippen molar-refractivity contribution in [2.45, 2.75) is 13.8 Å². The molecular formula is C10H9NOS2. The maximum absolute atomic E-state index is 10.7. The van der Waals surface area contributed by atoms with Crippen molar-refractivity contribution in [3.63, 3.8) is 0 Å². The molecule has 4 heteroatoms. The Labute approximate surface area is 90.2 Å². The second-order valence-corrected chi connectivity index (χ2v) is 5.32. The molecule has 72 valence electrons. The van der Waals surface area contributed by atoms with Gasteiger partial charge in [0.15, 0.2) is 6.29 Å². The summed E-state index contributed by atoms with van der Waals surface area (Å²) < 4.78 is 0. The molecule has 0 amide bonds. The fourth-order valence-corrected chi connectivity index (χ4v) is 2.98. The molecule has 0 saturated heterocycles. The Morgan fingerprint density at radius 3 is 2.57 bits per heavy atom. The number of hydrogen-bond donors (Lipinski definition) is 0. The van der Waals surface area contributed by atoms with Crippen LogP contribution in [-0.4, -0.2) is 11.3 Å². The van der Waals surface area contributed by atoms with Gasteiger partial charge in [0.05, 0.1) is 15.4 Å². The van der Waals surface area contributed by atoms with Crippen molar-refractivity contribution in [1.82, 2.24) is 4.98 Å². The van der Waals surface area contributed by atoms with E-state index in [1.165, 1.54) is 16.2 Å². The molecule has 14 heavy (non-hydrogen) atoms. The standard InChI is InChI=1S/C10H9NOS2/c1-6-3-4-8(13-6)10-11-7(2)9(5-12)14-10/h3-5H,1-2H3. The van der Waals surface area contributed by atoms with Gasteiger partial charge in [-0.25, -0.2) is 4.98 Å². The number of aromatic nitrogens is 1. The summed E-state index contributed by atoms with van der Waals surface area (Å²) >= 11 is 3.16. The summed E-state index contributed by atoms with van der Waals surface area (Å²) in [4.78, 5) is 18.1. The van der Waals surface area contributed by atoms with E-state index in [0.717, 1.165) is 26.7 Å². The molecule has 0 aromatic carbocycles. The van der Waals surface area contributed by atoms with Crippen molar-refractivity contribution >= 4 is 29.0 Å². The molecule has 2 aromatic rings. The van der Waals surface area contributed by atoms with Gasteiger partial charge in [-0.3, -0.25) is 4.79 Å². The van der Waals surface area contributed by atoms with E-state index in [1.807, 2.05) is 13.0 Å². The van der Waals surface area contributed by atoms with E-state index >= 15 is 0 Å². The monoisotopic (exact) mass is 223 g/mol. The molecule has 0 aliphatic heterocycles. The molecule has 2 nitrogen and oxygen atoms in total. The van der Waals surface area contributed by atoms with Gasteiger partial charge in [0.25, 0.3) is 0 Å². The molecule has 0 atom stereocenters. The molecule has 2 aromatic heterocycles. The lowest BCUT2D eigenvalue weighted by Gasteiger charge is -1.85. The van der Waals surface area contributed by atoms with Gasteiger partial charge in [-0.1, -0.05) is 0 Å². The minimum Gasteiger partial charge on any atom is -0.297 e. The number of carbonyl (C=O) groups is 1. The van der Waals surface area contributed by atoms with E-state index in [-0.39, 0.29) is 0 Å². The third-order valence-electron chi connectivity index (χ3n) is 1.89. The van der Waals surface area contributed by atoms with Crippen molar-refractivity contribution in [3.05, 3.63) is 27.6 Å². The molecule has 0 aliphatic carbocycles. The SMILES string of the molecule is Cc1ccc(-c2nc(C)c(C=O)s2)s1. The largest absolute Gasteiger partial charge is 0.297 e. The number of nitrogens with zero attached hydrogens (tertiary/aromatic N) is 1. The summed E-state index contributed by atoms with van der Waals surface area (Å²) in [7, 11) is 0. The minimum atomic E-state index is 0.728. The first-order chi connectivity index (χ1) is 6.70. The molecule has 0 unspecified atom stereocenters. The fraction of sp³-hybridized carbons (Fsp3) is 0.200. The van der Waals surface area contributed by atoms with E-state index in [2.05, 4.69) is 18.0 Å². The first kappa shape index (κ1) is 9.55. The molecule has 0 spiro atoms. The minimum absolute atomic E-state index is 0.728. The fourth-order valence-electron chi connectivity index (χ4n) is 1.17. The Bertz CT molecular complexity index is 470. The van der Waals surface area contributed by atoms with Crippen LogP contribution in [0.5, 0.6) is 0 Å². The predicted octanol–water partition coefficient (Wildman–Crippen LogP) is 3.30. The second-order valence-electron chi connectivity index (χ2n) is 3.00. The van der Waals surface area contributed by atoms with Gasteiger partial charge in [-0.2, -0.15) is 0 Å². The van der Waals surface area contributed by atoms with Crippen LogP contribution in [-0.2, 0) is 0 Å². The topological polar surface area (TPSA) is 30.0 Å². The predicted molar refractivity (Wildman–Crippen MR) is 60.3 cm³/mol. The normalized spacial score (nSPS) is 10.4. The highest BCUT2D eigenvalue weighted by molar-refractivity contribution is 7.22. The molecule has 0 saturated carbocycles. The zero-order valence-electron chi connectivity index (χ0n) is 7.90. The lowest BCUT2D eigenvalue weighted by Crippen LogP contribution is -1.77. The van der Waals surface area contributed by atoms with E-state index in [1.54, 1.807) is 11.3 Å². The lowest BCUT2D eigenvalue weighted by molar-refractivity contribution is 0.112. The number of rotatable bonds is 2. The first-order valence-corrected chi connectivity index (χ1v) is 5.83. The third-order valence-corrected chi connectivity index (χ3v) is 4.14. The molecule has 0 aliphatic rings. The Morgan fingerprint density at radius 2 is 2.07 bits per heavy atom. The van der Waals surface area contributed by atoms with Gasteiger partial charge in [-0.15, -0.1) is 22.7 Å². The third kappa shape index (κ3) is 1.63. The molecule has 0 radical (unpaired) electrons. The Hall–Kier alpha value is -1.00. The molecule has 2 rings (SSSR count). The number of aldehydes is 1. The average Bonchev–Trinajstić information content (AvgIpc) is 2.71. The molecule has 0 bridgehead atoms. The number of hydrogen-bond acceptors (Lipinski definition) is 4. The summed E-state index contributed by atoms with van der Waals surface area (Å²) in [6.45, 7) is 3.93. The van der Waals surface area contributed by atoms with Crippen LogP contribution in [0.4, 0.5) is 0 Å². The van der Waals surface area contributed by atoms with Crippen molar-refractivity contribution < 1.29 is 4.79 Å². The van der Waals surface area contributed by atoms with Gasteiger partial charge in [0.2, 0.25) is 0 Å². The van der Waals surface area contributed by atoms with Crippen LogP contribution in [0.25, 0.3) is 9.88 Å². The lowest BCUT2D eigenvalue weighted by atomic mass is 10.4. The summed E-state index contributed by atoms with van der Waals surface area (Å²) in [6, 6.07) is 4.12. The van der Waals surface area contributed by atoms with Crippen molar-refractivity contribution in [3.8, 4) is 9.88 Å². The number of thiophene rings is 1. The summed E-state index contributed by atoms with van der Waals surface area (Å²) in [5, 5.41) is 0.947. The van der Waals surface area contributed by atoms with E-state index in [0.29, 0.717) is 0 Å². The van der Waals surface area contributed by atoms with Crippen LogP contribution in [0.15, 0.2) is 12.1 Å². The second kappa shape index (κ2) is 3.63. The van der Waals surface area contributed by atoms with E-state index in [4.69, 9.17) is 0 Å². The van der Waals surface area contributed by atoms with Crippen LogP contribution in [0, 0.1) is 13.8 Å². The Morgan fingerprint density at radius 1 is 1.29 bits per heavy atom. The average molecular weight is 223 g/mol. The van der Waals surface area contributed by atoms with Gasteiger partial charge in [0.1, 0.15) is 5.01 Å². The molecule has 0 fully saturated rings.